The van der Waals surface area contributed by atoms with Gasteiger partial charge in [0.15, 0.2) is 23.0 Å². The largest absolute Gasteiger partial charge is 0.493 e. The number of anilines is 1. The summed E-state index contributed by atoms with van der Waals surface area (Å²) >= 11 is 0. The molecule has 2 aliphatic heterocycles. The molecule has 0 unspecified atom stereocenters. The number of ether oxygens (including phenoxy) is 5. The molecule has 0 bridgehead atoms. The molecule has 0 aromatic heterocycles. The molecule has 0 aliphatic carbocycles. The summed E-state index contributed by atoms with van der Waals surface area (Å²) in [6.45, 7) is 0.429. The maximum atomic E-state index is 12.9. The number of amides is 2. The number of para-hydroxylation sites is 1. The molecule has 1 fully saturated rings. The molecular formula is C26H22N2O7. The number of fused-ring (bicyclic) bond motifs is 1. The van der Waals surface area contributed by atoms with Crippen LogP contribution in [0.15, 0.2) is 66.2 Å². The van der Waals surface area contributed by atoms with E-state index < -0.39 is 11.8 Å². The predicted molar refractivity (Wildman–Crippen MR) is 126 cm³/mol. The zero-order valence-corrected chi connectivity index (χ0v) is 19.1. The molecule has 0 saturated carbocycles. The number of nitrogens with zero attached hydrogens (tertiary/aromatic N) is 1. The van der Waals surface area contributed by atoms with Crippen LogP contribution in [0.1, 0.15) is 11.1 Å². The highest BCUT2D eigenvalue weighted by Crippen LogP contribution is 2.40. The topological polar surface area (TPSA) is 95.6 Å². The monoisotopic (exact) mass is 474 g/mol. The number of nitrogens with one attached hydrogen (secondary N) is 1. The van der Waals surface area contributed by atoms with Crippen molar-refractivity contribution in [1.29, 1.82) is 0 Å². The third-order valence-corrected chi connectivity index (χ3v) is 5.52. The van der Waals surface area contributed by atoms with Crippen LogP contribution in [0.2, 0.25) is 0 Å². The van der Waals surface area contributed by atoms with Gasteiger partial charge in [0.05, 0.1) is 19.9 Å². The first-order chi connectivity index (χ1) is 17.1. The fourth-order valence-electron chi connectivity index (χ4n) is 3.79. The van der Waals surface area contributed by atoms with Gasteiger partial charge in [-0.2, -0.15) is 0 Å². The van der Waals surface area contributed by atoms with Gasteiger partial charge in [-0.25, -0.2) is 5.01 Å². The van der Waals surface area contributed by atoms with Crippen LogP contribution in [-0.2, 0) is 16.2 Å². The Hall–Kier alpha value is -4.66. The minimum atomic E-state index is -0.500. The minimum Gasteiger partial charge on any atom is -0.493 e. The van der Waals surface area contributed by atoms with Crippen molar-refractivity contribution >= 4 is 23.6 Å². The second-order valence-corrected chi connectivity index (χ2v) is 7.71. The van der Waals surface area contributed by atoms with E-state index in [1.807, 2.05) is 24.3 Å². The predicted octanol–water partition coefficient (Wildman–Crippen LogP) is 3.47. The van der Waals surface area contributed by atoms with Crippen molar-refractivity contribution in [2.75, 3.05) is 26.0 Å². The van der Waals surface area contributed by atoms with Crippen molar-refractivity contribution in [3.05, 3.63) is 77.4 Å². The lowest BCUT2D eigenvalue weighted by Crippen LogP contribution is -2.35. The van der Waals surface area contributed by atoms with Crippen LogP contribution in [-0.4, -0.2) is 32.8 Å². The molecule has 9 heteroatoms. The first-order valence-electron chi connectivity index (χ1n) is 10.8. The molecule has 2 heterocycles. The number of rotatable bonds is 7. The van der Waals surface area contributed by atoms with Gasteiger partial charge >= 0.3 is 0 Å². The average Bonchev–Trinajstić information content (AvgIpc) is 3.47. The molecule has 0 spiro atoms. The van der Waals surface area contributed by atoms with Crippen molar-refractivity contribution in [3.8, 4) is 28.7 Å². The summed E-state index contributed by atoms with van der Waals surface area (Å²) < 4.78 is 27.8. The molecule has 1 N–H and O–H groups in total. The van der Waals surface area contributed by atoms with E-state index in [2.05, 4.69) is 5.43 Å². The minimum absolute atomic E-state index is 0.00742. The Morgan fingerprint density at radius 2 is 1.66 bits per heavy atom. The molecule has 178 valence electrons. The Morgan fingerprint density at radius 3 is 2.37 bits per heavy atom. The lowest BCUT2D eigenvalue weighted by Gasteiger charge is -2.16. The summed E-state index contributed by atoms with van der Waals surface area (Å²) in [6, 6.07) is 17.8. The van der Waals surface area contributed by atoms with E-state index >= 15 is 0 Å². The van der Waals surface area contributed by atoms with E-state index in [1.54, 1.807) is 36.4 Å². The van der Waals surface area contributed by atoms with Gasteiger partial charge < -0.3 is 23.7 Å². The Bertz CT molecular complexity index is 1300. The Kier molecular flexibility index (Phi) is 5.88. The number of hydrogen-bond acceptors (Lipinski definition) is 7. The lowest BCUT2D eigenvalue weighted by atomic mass is 10.1. The van der Waals surface area contributed by atoms with E-state index in [4.69, 9.17) is 23.7 Å². The molecule has 3 aromatic carbocycles. The van der Waals surface area contributed by atoms with E-state index in [0.717, 1.165) is 5.56 Å². The van der Waals surface area contributed by atoms with Gasteiger partial charge in [0.2, 0.25) is 12.5 Å². The number of hydrazine groups is 1. The van der Waals surface area contributed by atoms with E-state index in [0.29, 0.717) is 40.0 Å². The van der Waals surface area contributed by atoms with Crippen LogP contribution in [0.5, 0.6) is 28.7 Å². The number of hydrogen-bond donors (Lipinski definition) is 1. The molecular weight excluding hydrogens is 452 g/mol. The number of benzene rings is 3. The van der Waals surface area contributed by atoms with Crippen LogP contribution < -0.4 is 34.1 Å². The summed E-state index contributed by atoms with van der Waals surface area (Å²) in [4.78, 5) is 25.4. The first kappa shape index (κ1) is 22.1. The smallest absolute Gasteiger partial charge is 0.282 e. The van der Waals surface area contributed by atoms with Crippen molar-refractivity contribution in [3.63, 3.8) is 0 Å². The summed E-state index contributed by atoms with van der Waals surface area (Å²) in [6.07, 6.45) is 1.49. The number of methoxy groups -OCH3 is 2. The Labute approximate surface area is 201 Å². The van der Waals surface area contributed by atoms with Crippen LogP contribution >= 0.6 is 0 Å². The van der Waals surface area contributed by atoms with E-state index in [1.165, 1.54) is 25.3 Å². The lowest BCUT2D eigenvalue weighted by molar-refractivity contribution is -0.117. The molecule has 35 heavy (non-hydrogen) atoms. The maximum absolute atomic E-state index is 12.9. The van der Waals surface area contributed by atoms with Crippen LogP contribution in [0.4, 0.5) is 5.69 Å². The van der Waals surface area contributed by atoms with Crippen molar-refractivity contribution in [2.45, 2.75) is 6.61 Å². The molecule has 5 rings (SSSR count). The summed E-state index contributed by atoms with van der Waals surface area (Å²) in [5.41, 5.74) is 4.56. The standard InChI is InChI=1S/C26H22N2O7/c1-31-22-12-17(10-19-25(29)27-28(26(19)30)18-6-4-3-5-7-18)13-23(32-2)24(22)33-14-16-8-9-20-21(11-16)35-15-34-20/h3-13H,14-15H2,1-2H3,(H,27,29)/b19-10-. The van der Waals surface area contributed by atoms with Gasteiger partial charge in [0, 0.05) is 0 Å². The average molecular weight is 474 g/mol. The molecule has 2 amide bonds. The number of carbonyl (C=O) groups excluding carboxylic acids is 2. The number of carbonyl (C=O) groups is 2. The highest BCUT2D eigenvalue weighted by molar-refractivity contribution is 6.31. The van der Waals surface area contributed by atoms with Gasteiger partial charge in [0.1, 0.15) is 12.2 Å². The van der Waals surface area contributed by atoms with Gasteiger partial charge in [-0.1, -0.05) is 24.3 Å². The summed E-state index contributed by atoms with van der Waals surface area (Å²) in [7, 11) is 3.01. The highest BCUT2D eigenvalue weighted by atomic mass is 16.7. The van der Waals surface area contributed by atoms with Gasteiger partial charge in [-0.15, -0.1) is 0 Å². The third-order valence-electron chi connectivity index (χ3n) is 5.52. The van der Waals surface area contributed by atoms with Crippen LogP contribution in [0.25, 0.3) is 6.08 Å². The van der Waals surface area contributed by atoms with Gasteiger partial charge in [-0.05, 0) is 53.6 Å². The van der Waals surface area contributed by atoms with Gasteiger partial charge in [-0.3, -0.25) is 15.0 Å². The molecule has 3 aromatic rings. The second kappa shape index (κ2) is 9.30. The molecule has 2 aliphatic rings. The van der Waals surface area contributed by atoms with Gasteiger partial charge in [0.25, 0.3) is 11.8 Å². The quantitative estimate of drug-likeness (QED) is 0.414. The summed E-state index contributed by atoms with van der Waals surface area (Å²) in [5, 5.41) is 1.21. The van der Waals surface area contributed by atoms with Crippen molar-refractivity contribution < 1.29 is 33.3 Å². The second-order valence-electron chi connectivity index (χ2n) is 7.71. The van der Waals surface area contributed by atoms with Crippen LogP contribution in [0.3, 0.4) is 0 Å². The van der Waals surface area contributed by atoms with E-state index in [9.17, 15) is 9.59 Å². The van der Waals surface area contributed by atoms with Crippen LogP contribution in [0, 0.1) is 0 Å². The normalized spacial score (nSPS) is 15.4. The molecule has 0 atom stereocenters. The zero-order valence-electron chi connectivity index (χ0n) is 19.1. The first-order valence-corrected chi connectivity index (χ1v) is 10.8. The maximum Gasteiger partial charge on any atom is 0.282 e. The zero-order chi connectivity index (χ0) is 24.4. The SMILES string of the molecule is COc1cc(/C=C2/C(=O)NN(c3ccccc3)C2=O)cc(OC)c1OCc1ccc2c(c1)OCO2. The molecule has 1 saturated heterocycles. The highest BCUT2D eigenvalue weighted by Gasteiger charge is 2.34. The molecule has 0 radical (unpaired) electrons. The van der Waals surface area contributed by atoms with Crippen molar-refractivity contribution in [2.24, 2.45) is 0 Å². The van der Waals surface area contributed by atoms with Crippen molar-refractivity contribution in [1.82, 2.24) is 5.43 Å². The summed E-state index contributed by atoms with van der Waals surface area (Å²) in [5.74, 6) is 1.57. The fourth-order valence-corrected chi connectivity index (χ4v) is 3.79. The Morgan fingerprint density at radius 1 is 0.943 bits per heavy atom. The molecule has 9 nitrogen and oxygen atoms in total. The third kappa shape index (κ3) is 4.31. The fraction of sp³-hybridized carbons (Fsp3) is 0.154. The van der Waals surface area contributed by atoms with E-state index in [-0.39, 0.29) is 19.0 Å². The Balaban J connectivity index is 1.40.